The summed E-state index contributed by atoms with van der Waals surface area (Å²) in [6, 6.07) is 13.0. The Morgan fingerprint density at radius 2 is 1.84 bits per heavy atom. The summed E-state index contributed by atoms with van der Waals surface area (Å²) < 4.78 is 16.8. The second-order valence-corrected chi connectivity index (χ2v) is 7.44. The summed E-state index contributed by atoms with van der Waals surface area (Å²) in [5.41, 5.74) is 4.26. The number of halogens is 1. The smallest absolute Gasteiger partial charge is 0.127 e. The van der Waals surface area contributed by atoms with Crippen LogP contribution in [0.5, 0.6) is 0 Å². The lowest BCUT2D eigenvalue weighted by Crippen LogP contribution is -2.43. The van der Waals surface area contributed by atoms with Crippen molar-refractivity contribution < 1.29 is 4.39 Å². The number of rotatable bonds is 3. The molecule has 158 valence electrons. The maximum atomic E-state index is 13.3. The molecule has 1 saturated heterocycles. The van der Waals surface area contributed by atoms with E-state index in [9.17, 15) is 4.39 Å². The summed E-state index contributed by atoms with van der Waals surface area (Å²) in [6.07, 6.45) is 7.21. The number of hydrogen-bond donors (Lipinski definition) is 1. The van der Waals surface area contributed by atoms with E-state index in [1.165, 1.54) is 6.07 Å². The number of piperazine rings is 1. The van der Waals surface area contributed by atoms with E-state index in [0.717, 1.165) is 54.9 Å². The Bertz CT molecular complexity index is 1200. The Kier molecular flexibility index (Phi) is 6.36. The van der Waals surface area contributed by atoms with Gasteiger partial charge in [-0.15, -0.1) is 0 Å². The third-order valence-corrected chi connectivity index (χ3v) is 5.24. The molecule has 8 heteroatoms. The van der Waals surface area contributed by atoms with Crippen molar-refractivity contribution in [2.45, 2.75) is 6.54 Å². The Morgan fingerprint density at radius 3 is 2.55 bits per heavy atom. The van der Waals surface area contributed by atoms with E-state index in [1.54, 1.807) is 27.7 Å². The zero-order valence-corrected chi connectivity index (χ0v) is 17.4. The van der Waals surface area contributed by atoms with E-state index < -0.39 is 0 Å². The first-order valence-electron chi connectivity index (χ1n) is 10.2. The molecule has 1 aromatic carbocycles. The molecular formula is C23H24FN7. The van der Waals surface area contributed by atoms with Crippen LogP contribution in [0.3, 0.4) is 0 Å². The molecule has 0 aliphatic carbocycles. The van der Waals surface area contributed by atoms with Gasteiger partial charge in [0.1, 0.15) is 11.9 Å². The Morgan fingerprint density at radius 1 is 1.03 bits per heavy atom. The Labute approximate surface area is 180 Å². The quantitative estimate of drug-likeness (QED) is 0.555. The van der Waals surface area contributed by atoms with Gasteiger partial charge >= 0.3 is 0 Å². The van der Waals surface area contributed by atoms with Gasteiger partial charge in [0.05, 0.1) is 23.5 Å². The second-order valence-electron chi connectivity index (χ2n) is 7.44. The number of nitriles is 1. The number of aromatic nitrogens is 4. The molecular weight excluding hydrogens is 393 g/mol. The normalized spacial score (nSPS) is 14.1. The summed E-state index contributed by atoms with van der Waals surface area (Å²) in [5.74, 6) is -0.0916. The molecule has 0 radical (unpaired) electrons. The lowest BCUT2D eigenvalue weighted by Gasteiger charge is -2.27. The fourth-order valence-electron chi connectivity index (χ4n) is 3.55. The molecule has 1 fully saturated rings. The minimum atomic E-state index is -0.0916. The summed E-state index contributed by atoms with van der Waals surface area (Å²) in [6.45, 7) is 4.76. The third kappa shape index (κ3) is 4.97. The standard InChI is InChI=1S/C12H9N5.C11H15FN2/c1-16-7-11(6-14-16)9-2-3-12-10(4-13)5-15-17(12)8-9;12-11-4-2-1-3-10(11)9-14-7-5-13-6-8-14/h2-3,5-8H,1H3;1-4,13H,5-9H2. The van der Waals surface area contributed by atoms with Gasteiger partial charge in [0, 0.05) is 68.9 Å². The molecule has 0 saturated carbocycles. The topological polar surface area (TPSA) is 74.2 Å². The molecule has 1 aliphatic heterocycles. The van der Waals surface area contributed by atoms with Gasteiger partial charge in [0.15, 0.2) is 0 Å². The highest BCUT2D eigenvalue weighted by Gasteiger charge is 2.11. The van der Waals surface area contributed by atoms with E-state index >= 15 is 0 Å². The van der Waals surface area contributed by atoms with E-state index in [2.05, 4.69) is 26.5 Å². The molecule has 3 aromatic heterocycles. The van der Waals surface area contributed by atoms with Crippen molar-refractivity contribution >= 4 is 5.52 Å². The van der Waals surface area contributed by atoms with Gasteiger partial charge in [-0.3, -0.25) is 9.58 Å². The molecule has 0 unspecified atom stereocenters. The molecule has 5 rings (SSSR count). The monoisotopic (exact) mass is 417 g/mol. The van der Waals surface area contributed by atoms with Crippen molar-refractivity contribution in [2.24, 2.45) is 7.05 Å². The van der Waals surface area contributed by atoms with Gasteiger partial charge in [-0.1, -0.05) is 24.3 Å². The van der Waals surface area contributed by atoms with E-state index in [1.807, 2.05) is 43.7 Å². The van der Waals surface area contributed by atoms with Crippen LogP contribution in [0.4, 0.5) is 4.39 Å². The molecule has 4 aromatic rings. The van der Waals surface area contributed by atoms with Gasteiger partial charge in [0.25, 0.3) is 0 Å². The lowest BCUT2D eigenvalue weighted by atomic mass is 10.1. The molecule has 1 N–H and O–H groups in total. The first-order chi connectivity index (χ1) is 15.1. The average Bonchev–Trinajstić information content (AvgIpc) is 3.42. The number of nitrogens with zero attached hydrogens (tertiary/aromatic N) is 6. The first kappa shape index (κ1) is 20.7. The fraction of sp³-hybridized carbons (Fsp3) is 0.261. The predicted octanol–water partition coefficient (Wildman–Crippen LogP) is 2.84. The van der Waals surface area contributed by atoms with Crippen LogP contribution in [0, 0.1) is 17.1 Å². The SMILES string of the molecule is Cn1cc(-c2ccc3c(C#N)cnn3c2)cn1.Fc1ccccc1CN1CCNCC1. The highest BCUT2D eigenvalue weighted by Crippen LogP contribution is 2.20. The highest BCUT2D eigenvalue weighted by atomic mass is 19.1. The van der Waals surface area contributed by atoms with Crippen LogP contribution in [0.15, 0.2) is 61.2 Å². The highest BCUT2D eigenvalue weighted by molar-refractivity contribution is 5.67. The van der Waals surface area contributed by atoms with Crippen molar-refractivity contribution in [2.75, 3.05) is 26.2 Å². The molecule has 0 bridgehead atoms. The lowest BCUT2D eigenvalue weighted by molar-refractivity contribution is 0.230. The van der Waals surface area contributed by atoms with Crippen molar-refractivity contribution in [1.82, 2.24) is 29.6 Å². The molecule has 0 atom stereocenters. The number of pyridine rings is 1. The van der Waals surface area contributed by atoms with Gasteiger partial charge < -0.3 is 5.32 Å². The van der Waals surface area contributed by atoms with Crippen molar-refractivity contribution in [1.29, 1.82) is 5.26 Å². The maximum absolute atomic E-state index is 13.3. The number of fused-ring (bicyclic) bond motifs is 1. The van der Waals surface area contributed by atoms with Crippen LogP contribution in [-0.2, 0) is 13.6 Å². The third-order valence-electron chi connectivity index (χ3n) is 5.24. The van der Waals surface area contributed by atoms with Gasteiger partial charge in [-0.05, 0) is 12.1 Å². The van der Waals surface area contributed by atoms with Gasteiger partial charge in [-0.25, -0.2) is 8.91 Å². The van der Waals surface area contributed by atoms with Crippen molar-refractivity contribution in [3.8, 4) is 17.2 Å². The zero-order chi connectivity index (χ0) is 21.6. The molecule has 7 nitrogen and oxygen atoms in total. The maximum Gasteiger partial charge on any atom is 0.127 e. The summed E-state index contributed by atoms with van der Waals surface area (Å²) >= 11 is 0. The largest absolute Gasteiger partial charge is 0.314 e. The van der Waals surface area contributed by atoms with Crippen LogP contribution < -0.4 is 5.32 Å². The molecule has 0 amide bonds. The predicted molar refractivity (Wildman–Crippen MR) is 117 cm³/mol. The first-order valence-corrected chi connectivity index (χ1v) is 10.2. The summed E-state index contributed by atoms with van der Waals surface area (Å²) in [5, 5.41) is 20.5. The van der Waals surface area contributed by atoms with Crippen LogP contribution in [0.25, 0.3) is 16.6 Å². The number of aryl methyl sites for hydroxylation is 1. The van der Waals surface area contributed by atoms with Crippen LogP contribution in [0.2, 0.25) is 0 Å². The van der Waals surface area contributed by atoms with Crippen molar-refractivity contribution in [3.05, 3.63) is 78.1 Å². The minimum Gasteiger partial charge on any atom is -0.314 e. The number of hydrogen-bond acceptors (Lipinski definition) is 5. The minimum absolute atomic E-state index is 0.0916. The molecule has 1 aliphatic rings. The Hall–Kier alpha value is -3.54. The van der Waals surface area contributed by atoms with E-state index in [-0.39, 0.29) is 5.82 Å². The number of benzene rings is 1. The van der Waals surface area contributed by atoms with E-state index in [4.69, 9.17) is 5.26 Å². The fourth-order valence-corrected chi connectivity index (χ4v) is 3.55. The van der Waals surface area contributed by atoms with Crippen LogP contribution >= 0.6 is 0 Å². The van der Waals surface area contributed by atoms with Crippen LogP contribution in [-0.4, -0.2) is 50.5 Å². The molecule has 4 heterocycles. The van der Waals surface area contributed by atoms with Crippen LogP contribution in [0.1, 0.15) is 11.1 Å². The summed E-state index contributed by atoms with van der Waals surface area (Å²) in [7, 11) is 1.88. The number of nitrogens with one attached hydrogen (secondary N) is 1. The average molecular weight is 417 g/mol. The van der Waals surface area contributed by atoms with Gasteiger partial charge in [0.2, 0.25) is 0 Å². The van der Waals surface area contributed by atoms with Gasteiger partial charge in [-0.2, -0.15) is 15.5 Å². The second kappa shape index (κ2) is 9.51. The van der Waals surface area contributed by atoms with Crippen molar-refractivity contribution in [3.63, 3.8) is 0 Å². The molecule has 0 spiro atoms. The zero-order valence-electron chi connectivity index (χ0n) is 17.4. The molecule has 31 heavy (non-hydrogen) atoms. The Balaban J connectivity index is 0.000000152. The summed E-state index contributed by atoms with van der Waals surface area (Å²) in [4.78, 5) is 2.27. The van der Waals surface area contributed by atoms with E-state index in [0.29, 0.717) is 5.56 Å².